The molecule has 0 aromatic carbocycles. The molecule has 0 atom stereocenters. The molecular formula is C6H12N2. The smallest absolute Gasteiger partial charge is 0.135 e. The first-order valence-electron chi connectivity index (χ1n) is 2.76. The van der Waals surface area contributed by atoms with Crippen molar-refractivity contribution < 1.29 is 0 Å². The second kappa shape index (κ2) is 4.50. The Hall–Kier alpha value is -0.660. The molecule has 0 aliphatic heterocycles. The van der Waals surface area contributed by atoms with Gasteiger partial charge in [-0.05, 0) is 33.2 Å². The molecule has 2 nitrogen and oxygen atoms in total. The van der Waals surface area contributed by atoms with Gasteiger partial charge >= 0.3 is 0 Å². The summed E-state index contributed by atoms with van der Waals surface area (Å²) in [5, 5.41) is 0. The summed E-state index contributed by atoms with van der Waals surface area (Å²) in [7, 11) is 0. The number of hydrogen-bond acceptors (Lipinski definition) is 2. The van der Waals surface area contributed by atoms with Gasteiger partial charge in [0.25, 0.3) is 0 Å². The largest absolute Gasteiger partial charge is 0.271 e. The maximum Gasteiger partial charge on any atom is 0.135 e. The topological polar surface area (TPSA) is 24.7 Å². The first-order valence-corrected chi connectivity index (χ1v) is 2.76. The first kappa shape index (κ1) is 7.34. The highest BCUT2D eigenvalue weighted by molar-refractivity contribution is 5.55. The molecule has 0 saturated carbocycles. The lowest BCUT2D eigenvalue weighted by Crippen LogP contribution is -1.90. The van der Waals surface area contributed by atoms with Crippen molar-refractivity contribution in [2.45, 2.75) is 26.9 Å². The van der Waals surface area contributed by atoms with Gasteiger partial charge in [0.05, 0.1) is 0 Å². The highest BCUT2D eigenvalue weighted by Crippen LogP contribution is 1.86. The molecule has 0 fully saturated rings. The molecule has 0 saturated heterocycles. The minimum absolute atomic E-state index is 0.102. The summed E-state index contributed by atoms with van der Waals surface area (Å²) < 4.78 is 0. The zero-order valence-electron chi connectivity index (χ0n) is 5.63. The number of hydrogen-bond donors (Lipinski definition) is 0. The van der Waals surface area contributed by atoms with Crippen LogP contribution in [0.5, 0.6) is 0 Å². The van der Waals surface area contributed by atoms with Crippen LogP contribution >= 0.6 is 0 Å². The fourth-order valence-corrected chi connectivity index (χ4v) is 0.470. The molecule has 0 aliphatic carbocycles. The Balaban J connectivity index is 3.47. The van der Waals surface area contributed by atoms with Crippen LogP contribution < -0.4 is 0 Å². The van der Waals surface area contributed by atoms with E-state index in [-0.39, 0.29) is 6.17 Å². The molecule has 46 valence electrons. The van der Waals surface area contributed by atoms with Crippen LogP contribution in [0.15, 0.2) is 9.98 Å². The predicted octanol–water partition coefficient (Wildman–Crippen LogP) is 1.51. The van der Waals surface area contributed by atoms with Gasteiger partial charge in [-0.25, -0.2) is 0 Å². The standard InChI is InChI=1S/C6H12N2/c1-4-7-6(3)8-5-2/h4-6H,1-3H3/b7-4+,8-5+. The van der Waals surface area contributed by atoms with Crippen molar-refractivity contribution in [3.05, 3.63) is 0 Å². The fraction of sp³-hybridized carbons (Fsp3) is 0.667. The van der Waals surface area contributed by atoms with E-state index in [1.54, 1.807) is 12.4 Å². The normalized spacial score (nSPS) is 12.5. The van der Waals surface area contributed by atoms with Gasteiger partial charge in [-0.2, -0.15) is 0 Å². The first-order chi connectivity index (χ1) is 3.81. The molecule has 0 amide bonds. The molecule has 0 heterocycles. The van der Waals surface area contributed by atoms with E-state index in [1.165, 1.54) is 0 Å². The maximum atomic E-state index is 3.99. The molecule has 0 unspecified atom stereocenters. The van der Waals surface area contributed by atoms with Gasteiger partial charge in [-0.3, -0.25) is 9.98 Å². The molecule has 0 aliphatic rings. The van der Waals surface area contributed by atoms with Gasteiger partial charge in [0.15, 0.2) is 0 Å². The van der Waals surface area contributed by atoms with Crippen LogP contribution in [-0.2, 0) is 0 Å². The SMILES string of the molecule is C/C=N/C(C)/N=C/C. The van der Waals surface area contributed by atoms with Crippen molar-refractivity contribution in [1.82, 2.24) is 0 Å². The van der Waals surface area contributed by atoms with Crippen molar-refractivity contribution in [1.29, 1.82) is 0 Å². The van der Waals surface area contributed by atoms with E-state index < -0.39 is 0 Å². The average molecular weight is 112 g/mol. The third kappa shape index (κ3) is 3.53. The van der Waals surface area contributed by atoms with E-state index in [2.05, 4.69) is 9.98 Å². The molecular weight excluding hydrogens is 100 g/mol. The van der Waals surface area contributed by atoms with E-state index in [0.29, 0.717) is 0 Å². The Morgan fingerprint density at radius 1 is 1.12 bits per heavy atom. The van der Waals surface area contributed by atoms with Gasteiger partial charge in [-0.15, -0.1) is 0 Å². The molecule has 8 heavy (non-hydrogen) atoms. The lowest BCUT2D eigenvalue weighted by Gasteiger charge is -1.93. The minimum Gasteiger partial charge on any atom is -0.271 e. The quantitative estimate of drug-likeness (QED) is 0.484. The van der Waals surface area contributed by atoms with Crippen molar-refractivity contribution >= 4 is 12.4 Å². The summed E-state index contributed by atoms with van der Waals surface area (Å²) in [6.45, 7) is 5.73. The third-order valence-corrected chi connectivity index (χ3v) is 0.730. The van der Waals surface area contributed by atoms with Crippen LogP contribution in [-0.4, -0.2) is 18.6 Å². The monoisotopic (exact) mass is 112 g/mol. The van der Waals surface area contributed by atoms with Gasteiger partial charge in [0.1, 0.15) is 6.17 Å². The molecule has 0 rings (SSSR count). The van der Waals surface area contributed by atoms with E-state index >= 15 is 0 Å². The van der Waals surface area contributed by atoms with Crippen LogP contribution in [0.1, 0.15) is 20.8 Å². The third-order valence-electron chi connectivity index (χ3n) is 0.730. The van der Waals surface area contributed by atoms with Crippen LogP contribution in [0.25, 0.3) is 0 Å². The Bertz CT molecular complexity index is 82.7. The predicted molar refractivity (Wildman–Crippen MR) is 37.8 cm³/mol. The van der Waals surface area contributed by atoms with Crippen molar-refractivity contribution in [2.24, 2.45) is 9.98 Å². The maximum absolute atomic E-state index is 3.99. The van der Waals surface area contributed by atoms with Gasteiger partial charge in [0.2, 0.25) is 0 Å². The van der Waals surface area contributed by atoms with Crippen molar-refractivity contribution in [2.75, 3.05) is 0 Å². The van der Waals surface area contributed by atoms with Gasteiger partial charge in [-0.1, -0.05) is 0 Å². The molecule has 2 heteroatoms. The zero-order chi connectivity index (χ0) is 6.41. The molecule has 0 radical (unpaired) electrons. The van der Waals surface area contributed by atoms with Crippen molar-refractivity contribution in [3.8, 4) is 0 Å². The van der Waals surface area contributed by atoms with Gasteiger partial charge in [0, 0.05) is 0 Å². The molecule has 0 aromatic heterocycles. The Morgan fingerprint density at radius 3 is 1.75 bits per heavy atom. The molecule has 0 N–H and O–H groups in total. The Kier molecular flexibility index (Phi) is 4.13. The summed E-state index contributed by atoms with van der Waals surface area (Å²) in [5.41, 5.74) is 0. The zero-order valence-corrected chi connectivity index (χ0v) is 5.63. The Labute approximate surface area is 50.4 Å². The number of rotatable bonds is 2. The minimum atomic E-state index is 0.102. The summed E-state index contributed by atoms with van der Waals surface area (Å²) in [5.74, 6) is 0. The van der Waals surface area contributed by atoms with E-state index in [0.717, 1.165) is 0 Å². The second-order valence-corrected chi connectivity index (χ2v) is 1.45. The fourth-order valence-electron chi connectivity index (χ4n) is 0.470. The lowest BCUT2D eigenvalue weighted by atomic mass is 10.6. The average Bonchev–Trinajstić information content (AvgIpc) is 1.68. The highest BCUT2D eigenvalue weighted by atomic mass is 15.0. The number of aliphatic imine (C=N–C) groups is 2. The lowest BCUT2D eigenvalue weighted by molar-refractivity contribution is 0.802. The summed E-state index contributed by atoms with van der Waals surface area (Å²) in [6, 6.07) is 0. The van der Waals surface area contributed by atoms with E-state index in [1.807, 2.05) is 20.8 Å². The number of nitrogens with zero attached hydrogens (tertiary/aromatic N) is 2. The molecule has 0 spiro atoms. The summed E-state index contributed by atoms with van der Waals surface area (Å²) in [6.07, 6.45) is 3.62. The molecule has 0 bridgehead atoms. The second-order valence-electron chi connectivity index (χ2n) is 1.45. The van der Waals surface area contributed by atoms with Crippen molar-refractivity contribution in [3.63, 3.8) is 0 Å². The van der Waals surface area contributed by atoms with Crippen LogP contribution in [0.3, 0.4) is 0 Å². The van der Waals surface area contributed by atoms with E-state index in [9.17, 15) is 0 Å². The van der Waals surface area contributed by atoms with Crippen LogP contribution in [0, 0.1) is 0 Å². The van der Waals surface area contributed by atoms with Gasteiger partial charge < -0.3 is 0 Å². The summed E-state index contributed by atoms with van der Waals surface area (Å²) >= 11 is 0. The van der Waals surface area contributed by atoms with E-state index in [4.69, 9.17) is 0 Å². The molecule has 0 aromatic rings. The summed E-state index contributed by atoms with van der Waals surface area (Å²) in [4.78, 5) is 7.98. The highest BCUT2D eigenvalue weighted by Gasteiger charge is 1.84. The van der Waals surface area contributed by atoms with Crippen LogP contribution in [0.2, 0.25) is 0 Å². The van der Waals surface area contributed by atoms with Crippen LogP contribution in [0.4, 0.5) is 0 Å². The Morgan fingerprint density at radius 2 is 1.50 bits per heavy atom.